The minimum Gasteiger partial charge on any atom is -0.435 e. The number of nitriles is 1. The maximum atomic E-state index is 11.4. The predicted octanol–water partition coefficient (Wildman–Crippen LogP) is 6.50. The van der Waals surface area contributed by atoms with E-state index in [-0.39, 0.29) is 5.56 Å². The number of aldehydes is 1. The minimum absolute atomic E-state index is 0.276. The highest BCUT2D eigenvalue weighted by atomic mass is 16.3. The Morgan fingerprint density at radius 2 is 1.81 bits per heavy atom. The molecule has 6 aromatic rings. The molecule has 9 heteroatoms. The van der Waals surface area contributed by atoms with Crippen molar-refractivity contribution in [1.29, 1.82) is 5.26 Å². The Labute approximate surface area is 247 Å². The van der Waals surface area contributed by atoms with Gasteiger partial charge in [-0.05, 0) is 72.5 Å². The molecular weight excluding hydrogens is 538 g/mol. The lowest BCUT2D eigenvalue weighted by molar-refractivity contribution is 0.112. The van der Waals surface area contributed by atoms with Crippen LogP contribution < -0.4 is 10.6 Å². The normalized spacial score (nSPS) is 12.6. The molecule has 2 N–H and O–H groups in total. The number of aromatic nitrogens is 3. The number of aliphatic imine (C=N–C) groups is 1. The Morgan fingerprint density at radius 1 is 1.00 bits per heavy atom. The van der Waals surface area contributed by atoms with Crippen molar-refractivity contribution in [1.82, 2.24) is 20.3 Å². The molecule has 0 radical (unpaired) electrons. The first kappa shape index (κ1) is 26.0. The number of rotatable bonds is 6. The maximum absolute atomic E-state index is 11.4. The minimum atomic E-state index is 0.276. The Morgan fingerprint density at radius 3 is 2.60 bits per heavy atom. The van der Waals surface area contributed by atoms with E-state index in [1.54, 1.807) is 12.3 Å². The molecule has 4 heterocycles. The lowest BCUT2D eigenvalue weighted by Crippen LogP contribution is -2.19. The average molecular weight is 564 g/mol. The summed E-state index contributed by atoms with van der Waals surface area (Å²) in [5.74, 6) is 1.94. The summed E-state index contributed by atoms with van der Waals surface area (Å²) in [6.07, 6.45) is 4.31. The SMILES string of the molecule is Cc1c(Nc2nccc3cc(C4=NCCN4)cnc23)cccc1-c1cccc(-c2nc3cc(C=O)cc(C#N)c3o2)c1C. The highest BCUT2D eigenvalue weighted by Crippen LogP contribution is 2.37. The monoisotopic (exact) mass is 563 g/mol. The van der Waals surface area contributed by atoms with Gasteiger partial charge in [-0.1, -0.05) is 24.3 Å². The van der Waals surface area contributed by atoms with Gasteiger partial charge in [-0.2, -0.15) is 5.26 Å². The zero-order chi connectivity index (χ0) is 29.5. The Bertz CT molecular complexity index is 2160. The summed E-state index contributed by atoms with van der Waals surface area (Å²) in [4.78, 5) is 29.8. The number of anilines is 2. The van der Waals surface area contributed by atoms with Crippen LogP contribution >= 0.6 is 0 Å². The quantitative estimate of drug-likeness (QED) is 0.220. The smallest absolute Gasteiger partial charge is 0.227 e. The number of oxazole rings is 1. The molecular formula is C34H25N7O2. The fraction of sp³-hybridized carbons (Fsp3) is 0.118. The molecule has 43 heavy (non-hydrogen) atoms. The summed E-state index contributed by atoms with van der Waals surface area (Å²) in [7, 11) is 0. The number of carbonyl (C=O) groups excluding carboxylic acids is 1. The summed E-state index contributed by atoms with van der Waals surface area (Å²) in [6.45, 7) is 5.71. The molecule has 208 valence electrons. The van der Waals surface area contributed by atoms with Crippen LogP contribution in [-0.4, -0.2) is 40.2 Å². The number of nitrogens with zero attached hydrogens (tertiary/aromatic N) is 5. The molecule has 3 aromatic heterocycles. The molecule has 0 aliphatic carbocycles. The zero-order valence-electron chi connectivity index (χ0n) is 23.5. The molecule has 9 nitrogen and oxygen atoms in total. The number of nitrogens with one attached hydrogen (secondary N) is 2. The van der Waals surface area contributed by atoms with Crippen LogP contribution in [0.15, 0.2) is 82.5 Å². The molecule has 0 bridgehead atoms. The predicted molar refractivity (Wildman–Crippen MR) is 167 cm³/mol. The van der Waals surface area contributed by atoms with Gasteiger partial charge in [0.25, 0.3) is 0 Å². The molecule has 1 aliphatic rings. The molecule has 0 fully saturated rings. The fourth-order valence-electron chi connectivity index (χ4n) is 5.54. The molecule has 1 aliphatic heterocycles. The molecule has 0 atom stereocenters. The van der Waals surface area contributed by atoms with Gasteiger partial charge in [0.15, 0.2) is 11.4 Å². The highest BCUT2D eigenvalue weighted by molar-refractivity contribution is 6.03. The van der Waals surface area contributed by atoms with Crippen molar-refractivity contribution in [3.8, 4) is 28.7 Å². The third kappa shape index (κ3) is 4.55. The van der Waals surface area contributed by atoms with Gasteiger partial charge in [0.1, 0.15) is 29.2 Å². The van der Waals surface area contributed by atoms with Crippen LogP contribution in [-0.2, 0) is 0 Å². The Balaban J connectivity index is 1.26. The van der Waals surface area contributed by atoms with Gasteiger partial charge >= 0.3 is 0 Å². The van der Waals surface area contributed by atoms with Gasteiger partial charge in [0, 0.05) is 46.7 Å². The molecule has 0 unspecified atom stereocenters. The number of carbonyl (C=O) groups is 1. The highest BCUT2D eigenvalue weighted by Gasteiger charge is 2.18. The van der Waals surface area contributed by atoms with Gasteiger partial charge in [-0.25, -0.2) is 9.97 Å². The zero-order valence-corrected chi connectivity index (χ0v) is 23.5. The molecule has 0 spiro atoms. The summed E-state index contributed by atoms with van der Waals surface area (Å²) in [6, 6.07) is 21.4. The van der Waals surface area contributed by atoms with Gasteiger partial charge in [0.2, 0.25) is 5.89 Å². The van der Waals surface area contributed by atoms with E-state index >= 15 is 0 Å². The number of hydrogen-bond donors (Lipinski definition) is 2. The fourth-order valence-corrected chi connectivity index (χ4v) is 5.54. The van der Waals surface area contributed by atoms with E-state index < -0.39 is 0 Å². The van der Waals surface area contributed by atoms with E-state index in [1.807, 2.05) is 43.5 Å². The number of benzene rings is 3. The summed E-state index contributed by atoms with van der Waals surface area (Å²) >= 11 is 0. The van der Waals surface area contributed by atoms with Crippen molar-refractivity contribution in [2.24, 2.45) is 4.99 Å². The number of pyridine rings is 2. The lowest BCUT2D eigenvalue weighted by Gasteiger charge is -2.16. The lowest BCUT2D eigenvalue weighted by atomic mass is 9.93. The molecule has 0 saturated carbocycles. The topological polar surface area (TPSA) is 129 Å². The first-order chi connectivity index (χ1) is 21.0. The number of hydrogen-bond acceptors (Lipinski definition) is 9. The van der Waals surface area contributed by atoms with E-state index in [0.29, 0.717) is 34.7 Å². The van der Waals surface area contributed by atoms with Crippen molar-refractivity contribution in [2.45, 2.75) is 13.8 Å². The Kier molecular flexibility index (Phi) is 6.36. The number of amidine groups is 1. The molecule has 7 rings (SSSR count). The largest absolute Gasteiger partial charge is 0.435 e. The van der Waals surface area contributed by atoms with Crippen LogP contribution in [0.25, 0.3) is 44.6 Å². The summed E-state index contributed by atoms with van der Waals surface area (Å²) < 4.78 is 6.07. The van der Waals surface area contributed by atoms with Gasteiger partial charge in [0.05, 0.1) is 12.1 Å². The second kappa shape index (κ2) is 10.5. The third-order valence-electron chi connectivity index (χ3n) is 7.76. The van der Waals surface area contributed by atoms with Crippen LogP contribution in [0.5, 0.6) is 0 Å². The van der Waals surface area contributed by atoms with Gasteiger partial charge in [-0.3, -0.25) is 14.8 Å². The second-order valence-electron chi connectivity index (χ2n) is 10.4. The van der Waals surface area contributed by atoms with Crippen LogP contribution in [0.4, 0.5) is 11.5 Å². The first-order valence-electron chi connectivity index (χ1n) is 13.8. The van der Waals surface area contributed by atoms with E-state index in [4.69, 9.17) is 9.40 Å². The number of fused-ring (bicyclic) bond motifs is 2. The summed E-state index contributed by atoms with van der Waals surface area (Å²) in [5, 5.41) is 17.4. The second-order valence-corrected chi connectivity index (χ2v) is 10.4. The van der Waals surface area contributed by atoms with E-state index in [1.165, 1.54) is 6.07 Å². The van der Waals surface area contributed by atoms with E-state index in [2.05, 4.69) is 56.8 Å². The maximum Gasteiger partial charge on any atom is 0.227 e. The Hall–Kier alpha value is -5.88. The van der Waals surface area contributed by atoms with E-state index in [9.17, 15) is 10.1 Å². The van der Waals surface area contributed by atoms with Crippen molar-refractivity contribution >= 4 is 45.6 Å². The van der Waals surface area contributed by atoms with Crippen molar-refractivity contribution in [2.75, 3.05) is 18.4 Å². The van der Waals surface area contributed by atoms with Crippen molar-refractivity contribution in [3.63, 3.8) is 0 Å². The van der Waals surface area contributed by atoms with Crippen LogP contribution in [0.3, 0.4) is 0 Å². The van der Waals surface area contributed by atoms with Crippen LogP contribution in [0, 0.1) is 25.2 Å². The third-order valence-corrected chi connectivity index (χ3v) is 7.76. The molecule has 3 aromatic carbocycles. The van der Waals surface area contributed by atoms with Crippen LogP contribution in [0.2, 0.25) is 0 Å². The molecule has 0 saturated heterocycles. The van der Waals surface area contributed by atoms with E-state index in [0.717, 1.165) is 68.9 Å². The van der Waals surface area contributed by atoms with Crippen LogP contribution in [0.1, 0.15) is 32.6 Å². The van der Waals surface area contributed by atoms with Gasteiger partial charge < -0.3 is 15.1 Å². The van der Waals surface area contributed by atoms with Crippen molar-refractivity contribution < 1.29 is 9.21 Å². The van der Waals surface area contributed by atoms with Crippen molar-refractivity contribution in [3.05, 3.63) is 101 Å². The summed E-state index contributed by atoms with van der Waals surface area (Å²) in [5.41, 5.74) is 9.04. The first-order valence-corrected chi connectivity index (χ1v) is 13.8. The molecule has 0 amide bonds. The van der Waals surface area contributed by atoms with Gasteiger partial charge in [-0.15, -0.1) is 0 Å². The standard InChI is InChI=1S/C34H25N7O2/c1-19-25(5-3-7-27(19)34-41-29-14-21(18-42)13-23(16-35)31(29)43-34)26-6-4-8-28(20(26)2)40-33-30-22(9-10-36-33)15-24(17-39-30)32-37-11-12-38-32/h3-10,13-15,17-18H,11-12H2,1-2H3,(H,36,40)(H,37,38). The average Bonchev–Trinajstić information content (AvgIpc) is 3.73.